The van der Waals surface area contributed by atoms with Crippen molar-refractivity contribution in [3.63, 3.8) is 0 Å². The maximum atomic E-state index is 11.0. The Kier molecular flexibility index (Phi) is 7.17. The van der Waals surface area contributed by atoms with Crippen molar-refractivity contribution in [1.29, 1.82) is 0 Å². The Bertz CT molecular complexity index is 457. The highest BCUT2D eigenvalue weighted by atomic mass is 35.5. The van der Waals surface area contributed by atoms with Crippen molar-refractivity contribution in [3.05, 3.63) is 21.1 Å². The molecule has 112 valence electrons. The van der Waals surface area contributed by atoms with E-state index < -0.39 is 4.92 Å². The van der Waals surface area contributed by atoms with Crippen LogP contribution in [0.3, 0.4) is 0 Å². The lowest BCUT2D eigenvalue weighted by Gasteiger charge is -2.08. The summed E-state index contributed by atoms with van der Waals surface area (Å²) >= 11 is 5.84. The number of nitrogens with one attached hydrogen (secondary N) is 1. The van der Waals surface area contributed by atoms with Gasteiger partial charge in [0.05, 0.1) is 4.92 Å². The molecule has 1 rings (SSSR count). The van der Waals surface area contributed by atoms with Crippen LogP contribution in [0.2, 0.25) is 5.15 Å². The van der Waals surface area contributed by atoms with Crippen LogP contribution in [0.15, 0.2) is 0 Å². The summed E-state index contributed by atoms with van der Waals surface area (Å²) in [6.07, 6.45) is 4.27. The first-order valence-electron chi connectivity index (χ1n) is 6.53. The van der Waals surface area contributed by atoms with Crippen molar-refractivity contribution < 1.29 is 9.66 Å². The molecule has 0 aliphatic heterocycles. The van der Waals surface area contributed by atoms with E-state index in [4.69, 9.17) is 16.3 Å². The lowest BCUT2D eigenvalue weighted by molar-refractivity contribution is -0.384. The fraction of sp³-hybridized carbons (Fsp3) is 0.667. The van der Waals surface area contributed by atoms with Gasteiger partial charge in [0.25, 0.3) is 0 Å². The van der Waals surface area contributed by atoms with Crippen LogP contribution in [0.1, 0.15) is 38.4 Å². The molecule has 8 heteroatoms. The number of nitrogens with zero attached hydrogens (tertiary/aromatic N) is 3. The van der Waals surface area contributed by atoms with E-state index in [0.717, 1.165) is 25.7 Å². The van der Waals surface area contributed by atoms with Gasteiger partial charge >= 0.3 is 5.69 Å². The maximum absolute atomic E-state index is 11.0. The molecule has 0 spiro atoms. The fourth-order valence-corrected chi connectivity index (χ4v) is 1.96. The second kappa shape index (κ2) is 8.65. The molecule has 0 bridgehead atoms. The van der Waals surface area contributed by atoms with Gasteiger partial charge in [-0.15, -0.1) is 0 Å². The Balaban J connectivity index is 2.81. The maximum Gasteiger partial charge on any atom is 0.348 e. The first kappa shape index (κ1) is 16.6. The van der Waals surface area contributed by atoms with E-state index in [0.29, 0.717) is 12.4 Å². The number of methoxy groups -OCH3 is 1. The Morgan fingerprint density at radius 2 is 2.10 bits per heavy atom. The molecule has 0 atom stereocenters. The number of halogens is 1. The molecule has 0 aromatic carbocycles. The van der Waals surface area contributed by atoms with E-state index in [1.807, 2.05) is 0 Å². The van der Waals surface area contributed by atoms with Crippen LogP contribution in [0.5, 0.6) is 0 Å². The molecule has 1 N–H and O–H groups in total. The van der Waals surface area contributed by atoms with Gasteiger partial charge in [0.15, 0.2) is 5.82 Å². The zero-order chi connectivity index (χ0) is 15.0. The molecule has 0 radical (unpaired) electrons. The minimum Gasteiger partial charge on any atom is -0.377 e. The molecule has 0 saturated carbocycles. The van der Waals surface area contributed by atoms with Crippen LogP contribution < -0.4 is 5.32 Å². The quantitative estimate of drug-likeness (QED) is 0.326. The van der Waals surface area contributed by atoms with E-state index >= 15 is 0 Å². The highest BCUT2D eigenvalue weighted by Gasteiger charge is 2.23. The smallest absolute Gasteiger partial charge is 0.348 e. The molecule has 1 heterocycles. The summed E-state index contributed by atoms with van der Waals surface area (Å²) in [6, 6.07) is 0. The molecule has 7 nitrogen and oxygen atoms in total. The van der Waals surface area contributed by atoms with Crippen LogP contribution in [0.25, 0.3) is 0 Å². The monoisotopic (exact) mass is 302 g/mol. The van der Waals surface area contributed by atoms with Gasteiger partial charge in [0.1, 0.15) is 6.61 Å². The Morgan fingerprint density at radius 3 is 2.70 bits per heavy atom. The summed E-state index contributed by atoms with van der Waals surface area (Å²) in [5.41, 5.74) is -0.290. The third-order valence-electron chi connectivity index (χ3n) is 2.67. The second-order valence-corrected chi connectivity index (χ2v) is 4.66. The molecule has 0 aliphatic rings. The van der Waals surface area contributed by atoms with Crippen LogP contribution >= 0.6 is 11.6 Å². The first-order valence-corrected chi connectivity index (χ1v) is 6.91. The summed E-state index contributed by atoms with van der Waals surface area (Å²) in [6.45, 7) is 2.89. The van der Waals surface area contributed by atoms with Crippen molar-refractivity contribution in [2.75, 3.05) is 19.0 Å². The van der Waals surface area contributed by atoms with Gasteiger partial charge in [-0.2, -0.15) is 0 Å². The van der Waals surface area contributed by atoms with Gasteiger partial charge in [-0.05, 0) is 6.42 Å². The molecule has 0 saturated heterocycles. The number of anilines is 1. The highest BCUT2D eigenvalue weighted by Crippen LogP contribution is 2.29. The summed E-state index contributed by atoms with van der Waals surface area (Å²) < 4.78 is 4.91. The van der Waals surface area contributed by atoms with Gasteiger partial charge < -0.3 is 10.1 Å². The van der Waals surface area contributed by atoms with E-state index in [2.05, 4.69) is 22.2 Å². The number of ether oxygens (including phenoxy) is 1. The summed E-state index contributed by atoms with van der Waals surface area (Å²) in [5.74, 6) is 0.470. The minimum absolute atomic E-state index is 0.151. The largest absolute Gasteiger partial charge is 0.377 e. The molecular formula is C12H19ClN4O3. The summed E-state index contributed by atoms with van der Waals surface area (Å²) in [7, 11) is 1.50. The third kappa shape index (κ3) is 4.90. The third-order valence-corrected chi connectivity index (χ3v) is 2.93. The van der Waals surface area contributed by atoms with E-state index in [1.165, 1.54) is 7.11 Å². The van der Waals surface area contributed by atoms with Crippen LogP contribution in [-0.4, -0.2) is 28.5 Å². The SMILES string of the molecule is CCCCCCNc1nc(COC)nc(Cl)c1[N+](=O)[O-]. The number of hydrogen-bond acceptors (Lipinski definition) is 6. The van der Waals surface area contributed by atoms with Crippen molar-refractivity contribution in [2.45, 2.75) is 39.2 Å². The van der Waals surface area contributed by atoms with Crippen molar-refractivity contribution in [2.24, 2.45) is 0 Å². The average Bonchev–Trinajstić information content (AvgIpc) is 2.38. The topological polar surface area (TPSA) is 90.2 Å². The average molecular weight is 303 g/mol. The normalized spacial score (nSPS) is 10.6. The summed E-state index contributed by atoms with van der Waals surface area (Å²) in [5, 5.41) is 13.8. The van der Waals surface area contributed by atoms with Gasteiger partial charge in [-0.1, -0.05) is 37.8 Å². The van der Waals surface area contributed by atoms with Gasteiger partial charge in [-0.3, -0.25) is 10.1 Å². The highest BCUT2D eigenvalue weighted by molar-refractivity contribution is 6.31. The molecular weight excluding hydrogens is 284 g/mol. The van der Waals surface area contributed by atoms with Crippen LogP contribution in [0.4, 0.5) is 11.5 Å². The zero-order valence-electron chi connectivity index (χ0n) is 11.7. The second-order valence-electron chi connectivity index (χ2n) is 4.31. The molecule has 0 aliphatic carbocycles. The number of nitro groups is 1. The van der Waals surface area contributed by atoms with Crippen LogP contribution in [-0.2, 0) is 11.3 Å². The molecule has 1 aromatic rings. The van der Waals surface area contributed by atoms with Gasteiger partial charge in [0.2, 0.25) is 11.0 Å². The number of hydrogen-bond donors (Lipinski definition) is 1. The Hall–Kier alpha value is -1.47. The van der Waals surface area contributed by atoms with Gasteiger partial charge in [-0.25, -0.2) is 9.97 Å². The first-order chi connectivity index (χ1) is 9.60. The molecule has 1 aromatic heterocycles. The van der Waals surface area contributed by atoms with E-state index in [9.17, 15) is 10.1 Å². The predicted octanol–water partition coefficient (Wildman–Crippen LogP) is 3.18. The van der Waals surface area contributed by atoms with Crippen LogP contribution in [0, 0.1) is 10.1 Å². The number of unbranched alkanes of at least 4 members (excludes halogenated alkanes) is 3. The van der Waals surface area contributed by atoms with Crippen molar-refractivity contribution >= 4 is 23.1 Å². The number of aromatic nitrogens is 2. The fourth-order valence-electron chi connectivity index (χ4n) is 1.71. The minimum atomic E-state index is -0.576. The van der Waals surface area contributed by atoms with E-state index in [-0.39, 0.29) is 23.3 Å². The summed E-state index contributed by atoms with van der Waals surface area (Å²) in [4.78, 5) is 18.4. The van der Waals surface area contributed by atoms with Crippen molar-refractivity contribution in [3.8, 4) is 0 Å². The molecule has 0 fully saturated rings. The predicted molar refractivity (Wildman–Crippen MR) is 77.0 cm³/mol. The van der Waals surface area contributed by atoms with Gasteiger partial charge in [0, 0.05) is 13.7 Å². The Labute approximate surface area is 122 Å². The number of rotatable bonds is 9. The lowest BCUT2D eigenvalue weighted by atomic mass is 10.2. The standard InChI is InChI=1S/C12H19ClN4O3/c1-3-4-5-6-7-14-12-10(17(18)19)11(13)15-9(16-12)8-20-2/h3-8H2,1-2H3,(H,14,15,16). The molecule has 20 heavy (non-hydrogen) atoms. The zero-order valence-corrected chi connectivity index (χ0v) is 12.4. The Morgan fingerprint density at radius 1 is 1.35 bits per heavy atom. The van der Waals surface area contributed by atoms with Crippen molar-refractivity contribution in [1.82, 2.24) is 9.97 Å². The molecule has 0 amide bonds. The molecule has 0 unspecified atom stereocenters. The van der Waals surface area contributed by atoms with E-state index in [1.54, 1.807) is 0 Å². The lowest BCUT2D eigenvalue weighted by Crippen LogP contribution is -2.10.